The van der Waals surface area contributed by atoms with Crippen molar-refractivity contribution in [3.8, 4) is 11.5 Å². The van der Waals surface area contributed by atoms with E-state index in [0.29, 0.717) is 12.4 Å². The molecule has 0 aromatic heterocycles. The first kappa shape index (κ1) is 14.8. The molecule has 1 aromatic carbocycles. The zero-order valence-electron chi connectivity index (χ0n) is 11.7. The summed E-state index contributed by atoms with van der Waals surface area (Å²) in [6.45, 7) is 4.44. The molecule has 1 rings (SSSR count). The van der Waals surface area contributed by atoms with Gasteiger partial charge in [-0.25, -0.2) is 0 Å². The SMILES string of the molecule is COCc1cc(C(C)(C)CO)c(OC)cc1OC. The second-order valence-corrected chi connectivity index (χ2v) is 4.84. The van der Waals surface area contributed by atoms with Crippen LogP contribution in [0.4, 0.5) is 0 Å². The summed E-state index contributed by atoms with van der Waals surface area (Å²) in [5.74, 6) is 1.44. The van der Waals surface area contributed by atoms with E-state index in [1.807, 2.05) is 26.0 Å². The van der Waals surface area contributed by atoms with Gasteiger partial charge in [-0.05, 0) is 6.07 Å². The van der Waals surface area contributed by atoms with Gasteiger partial charge >= 0.3 is 0 Å². The molecule has 0 amide bonds. The highest BCUT2D eigenvalue weighted by Gasteiger charge is 2.25. The van der Waals surface area contributed by atoms with Crippen molar-refractivity contribution >= 4 is 0 Å². The lowest BCUT2D eigenvalue weighted by atomic mass is 9.84. The Morgan fingerprint density at radius 2 is 1.67 bits per heavy atom. The van der Waals surface area contributed by atoms with E-state index in [-0.39, 0.29) is 12.0 Å². The monoisotopic (exact) mass is 254 g/mol. The largest absolute Gasteiger partial charge is 0.496 e. The van der Waals surface area contributed by atoms with E-state index >= 15 is 0 Å². The van der Waals surface area contributed by atoms with E-state index in [9.17, 15) is 5.11 Å². The molecule has 4 nitrogen and oxygen atoms in total. The Morgan fingerprint density at radius 1 is 1.06 bits per heavy atom. The summed E-state index contributed by atoms with van der Waals surface area (Å²) in [5, 5.41) is 9.50. The molecular weight excluding hydrogens is 232 g/mol. The van der Waals surface area contributed by atoms with Crippen molar-refractivity contribution in [3.05, 3.63) is 23.3 Å². The summed E-state index contributed by atoms with van der Waals surface area (Å²) >= 11 is 0. The van der Waals surface area contributed by atoms with E-state index in [1.54, 1.807) is 21.3 Å². The van der Waals surface area contributed by atoms with Crippen LogP contribution in [0.1, 0.15) is 25.0 Å². The van der Waals surface area contributed by atoms with Gasteiger partial charge in [0.15, 0.2) is 0 Å². The molecule has 1 aromatic rings. The summed E-state index contributed by atoms with van der Waals surface area (Å²) < 4.78 is 15.9. The van der Waals surface area contributed by atoms with Crippen molar-refractivity contribution in [2.24, 2.45) is 0 Å². The van der Waals surface area contributed by atoms with Crippen molar-refractivity contribution < 1.29 is 19.3 Å². The number of hydrogen-bond donors (Lipinski definition) is 1. The molecule has 1 N–H and O–H groups in total. The third kappa shape index (κ3) is 2.94. The van der Waals surface area contributed by atoms with E-state index in [1.165, 1.54) is 0 Å². The fraction of sp³-hybridized carbons (Fsp3) is 0.571. The first-order valence-corrected chi connectivity index (χ1v) is 5.85. The second kappa shape index (κ2) is 6.07. The molecule has 0 fully saturated rings. The molecule has 0 aliphatic carbocycles. The van der Waals surface area contributed by atoms with Gasteiger partial charge in [0, 0.05) is 29.7 Å². The first-order chi connectivity index (χ1) is 8.50. The lowest BCUT2D eigenvalue weighted by Gasteiger charge is -2.26. The van der Waals surface area contributed by atoms with Crippen LogP contribution in [-0.4, -0.2) is 33.0 Å². The quantitative estimate of drug-likeness (QED) is 0.844. The molecule has 4 heteroatoms. The number of aliphatic hydroxyl groups is 1. The predicted octanol–water partition coefficient (Wildman–Crippen LogP) is 2.12. The van der Waals surface area contributed by atoms with Crippen molar-refractivity contribution in [3.63, 3.8) is 0 Å². The summed E-state index contributed by atoms with van der Waals surface area (Å²) in [6.07, 6.45) is 0. The minimum Gasteiger partial charge on any atom is -0.496 e. The van der Waals surface area contributed by atoms with Crippen LogP contribution in [0.3, 0.4) is 0 Å². The average molecular weight is 254 g/mol. The molecular formula is C14H22O4. The molecule has 0 bridgehead atoms. The molecule has 0 heterocycles. The van der Waals surface area contributed by atoms with Crippen LogP contribution in [0.2, 0.25) is 0 Å². The van der Waals surface area contributed by atoms with Crippen LogP contribution < -0.4 is 9.47 Å². The normalized spacial score (nSPS) is 11.4. The number of ether oxygens (including phenoxy) is 3. The Hall–Kier alpha value is -1.26. The third-order valence-corrected chi connectivity index (χ3v) is 3.03. The van der Waals surface area contributed by atoms with Crippen LogP contribution >= 0.6 is 0 Å². The Bertz CT molecular complexity index is 399. The maximum atomic E-state index is 9.50. The zero-order chi connectivity index (χ0) is 13.8. The summed E-state index contributed by atoms with van der Waals surface area (Å²) in [6, 6.07) is 3.80. The Labute approximate surface area is 108 Å². The van der Waals surface area contributed by atoms with Crippen molar-refractivity contribution in [1.29, 1.82) is 0 Å². The van der Waals surface area contributed by atoms with Gasteiger partial charge in [0.05, 0.1) is 27.4 Å². The topological polar surface area (TPSA) is 47.9 Å². The average Bonchev–Trinajstić information content (AvgIpc) is 2.38. The first-order valence-electron chi connectivity index (χ1n) is 5.85. The standard InChI is InChI=1S/C14H22O4/c1-14(2,9-15)11-6-10(8-16-3)12(17-4)7-13(11)18-5/h6-7,15H,8-9H2,1-5H3. The molecule has 102 valence electrons. The smallest absolute Gasteiger partial charge is 0.128 e. The second-order valence-electron chi connectivity index (χ2n) is 4.84. The highest BCUT2D eigenvalue weighted by molar-refractivity contribution is 5.49. The number of rotatable bonds is 6. The lowest BCUT2D eigenvalue weighted by Crippen LogP contribution is -2.23. The molecule has 0 spiro atoms. The number of methoxy groups -OCH3 is 3. The van der Waals surface area contributed by atoms with Gasteiger partial charge in [-0.3, -0.25) is 0 Å². The Morgan fingerprint density at radius 3 is 2.11 bits per heavy atom. The highest BCUT2D eigenvalue weighted by atomic mass is 16.5. The fourth-order valence-corrected chi connectivity index (χ4v) is 1.85. The summed E-state index contributed by atoms with van der Waals surface area (Å²) in [5.41, 5.74) is 1.51. The predicted molar refractivity (Wildman–Crippen MR) is 70.4 cm³/mol. The third-order valence-electron chi connectivity index (χ3n) is 3.03. The summed E-state index contributed by atoms with van der Waals surface area (Å²) in [4.78, 5) is 0. The maximum absolute atomic E-state index is 9.50. The molecule has 0 saturated heterocycles. The van der Waals surface area contributed by atoms with E-state index in [0.717, 1.165) is 16.9 Å². The zero-order valence-corrected chi connectivity index (χ0v) is 11.7. The van der Waals surface area contributed by atoms with E-state index < -0.39 is 0 Å². The van der Waals surface area contributed by atoms with Crippen molar-refractivity contribution in [2.75, 3.05) is 27.9 Å². The van der Waals surface area contributed by atoms with E-state index in [2.05, 4.69) is 0 Å². The Balaban J connectivity index is 3.36. The van der Waals surface area contributed by atoms with Gasteiger partial charge in [-0.2, -0.15) is 0 Å². The van der Waals surface area contributed by atoms with Crippen LogP contribution in [0, 0.1) is 0 Å². The van der Waals surface area contributed by atoms with Gasteiger partial charge in [-0.1, -0.05) is 13.8 Å². The number of benzene rings is 1. The van der Waals surface area contributed by atoms with Gasteiger partial charge in [-0.15, -0.1) is 0 Å². The maximum Gasteiger partial charge on any atom is 0.128 e. The number of aliphatic hydroxyl groups excluding tert-OH is 1. The van der Waals surface area contributed by atoms with Gasteiger partial charge < -0.3 is 19.3 Å². The van der Waals surface area contributed by atoms with Crippen LogP contribution in [0.5, 0.6) is 11.5 Å². The van der Waals surface area contributed by atoms with Gasteiger partial charge in [0.1, 0.15) is 11.5 Å². The molecule has 0 saturated carbocycles. The van der Waals surface area contributed by atoms with Gasteiger partial charge in [0.25, 0.3) is 0 Å². The number of hydrogen-bond acceptors (Lipinski definition) is 4. The summed E-state index contributed by atoms with van der Waals surface area (Å²) in [7, 11) is 4.87. The minimum absolute atomic E-state index is 0.0438. The minimum atomic E-state index is -0.375. The molecule has 0 unspecified atom stereocenters. The molecule has 0 aliphatic heterocycles. The molecule has 0 aliphatic rings. The van der Waals surface area contributed by atoms with Crippen molar-refractivity contribution in [1.82, 2.24) is 0 Å². The van der Waals surface area contributed by atoms with Crippen LogP contribution in [0.15, 0.2) is 12.1 Å². The molecule has 0 radical (unpaired) electrons. The van der Waals surface area contributed by atoms with E-state index in [4.69, 9.17) is 14.2 Å². The highest BCUT2D eigenvalue weighted by Crippen LogP contribution is 2.36. The fourth-order valence-electron chi connectivity index (χ4n) is 1.85. The van der Waals surface area contributed by atoms with Crippen molar-refractivity contribution in [2.45, 2.75) is 25.9 Å². The van der Waals surface area contributed by atoms with Crippen LogP contribution in [0.25, 0.3) is 0 Å². The Kier molecular flexibility index (Phi) is 4.99. The van der Waals surface area contributed by atoms with Crippen LogP contribution in [-0.2, 0) is 16.8 Å². The van der Waals surface area contributed by atoms with Gasteiger partial charge in [0.2, 0.25) is 0 Å². The lowest BCUT2D eigenvalue weighted by molar-refractivity contribution is 0.180. The molecule has 0 atom stereocenters. The molecule has 18 heavy (non-hydrogen) atoms.